The zero-order chi connectivity index (χ0) is 22.1. The number of amides is 2. The van der Waals surface area contributed by atoms with Crippen LogP contribution >= 0.6 is 11.8 Å². The Morgan fingerprint density at radius 1 is 1.03 bits per heavy atom. The highest BCUT2D eigenvalue weighted by atomic mass is 32.2. The van der Waals surface area contributed by atoms with Gasteiger partial charge in [0.25, 0.3) is 0 Å². The minimum absolute atomic E-state index is 0.000133. The minimum Gasteiger partial charge on any atom is -0.350 e. The van der Waals surface area contributed by atoms with E-state index in [1.54, 1.807) is 16.7 Å². The van der Waals surface area contributed by atoms with Crippen LogP contribution in [-0.2, 0) is 21.8 Å². The summed E-state index contributed by atoms with van der Waals surface area (Å²) in [5.74, 6) is 1.02. The van der Waals surface area contributed by atoms with E-state index in [2.05, 4.69) is 42.6 Å². The Morgan fingerprint density at radius 2 is 1.70 bits per heavy atom. The molecule has 0 aliphatic carbocycles. The Morgan fingerprint density at radius 3 is 2.33 bits per heavy atom. The van der Waals surface area contributed by atoms with E-state index < -0.39 is 6.04 Å². The maximum absolute atomic E-state index is 13.1. The lowest BCUT2D eigenvalue weighted by Crippen LogP contribution is -2.53. The highest BCUT2D eigenvalue weighted by Crippen LogP contribution is 2.16. The molecule has 1 N–H and O–H groups in total. The second-order valence-corrected chi connectivity index (χ2v) is 9.71. The smallest absolute Gasteiger partial charge is 0.242 e. The van der Waals surface area contributed by atoms with Gasteiger partial charge in [0.1, 0.15) is 6.04 Å². The van der Waals surface area contributed by atoms with Gasteiger partial charge in [-0.15, -0.1) is 11.8 Å². The molecule has 0 spiro atoms. The van der Waals surface area contributed by atoms with Gasteiger partial charge in [-0.1, -0.05) is 60.2 Å². The summed E-state index contributed by atoms with van der Waals surface area (Å²) < 4.78 is 0. The number of hydrogen-bond acceptors (Lipinski definition) is 3. The Bertz CT molecular complexity index is 831. The molecule has 0 saturated carbocycles. The topological polar surface area (TPSA) is 49.4 Å². The van der Waals surface area contributed by atoms with Crippen molar-refractivity contribution in [2.75, 3.05) is 12.3 Å². The fourth-order valence-corrected chi connectivity index (χ4v) is 4.04. The summed E-state index contributed by atoms with van der Waals surface area (Å²) in [6.07, 6.45) is 0.724. The molecule has 1 atom stereocenters. The zero-order valence-electron chi connectivity index (χ0n) is 18.8. The molecule has 1 unspecified atom stereocenters. The van der Waals surface area contributed by atoms with Gasteiger partial charge >= 0.3 is 0 Å². The molecule has 0 aliphatic heterocycles. The molecule has 0 radical (unpaired) electrons. The number of rotatable bonds is 9. The van der Waals surface area contributed by atoms with Crippen molar-refractivity contribution in [2.45, 2.75) is 58.4 Å². The first-order chi connectivity index (χ1) is 14.2. The number of hydrogen-bond donors (Lipinski definition) is 1. The highest BCUT2D eigenvalue weighted by Gasteiger charge is 2.27. The Labute approximate surface area is 185 Å². The summed E-state index contributed by atoms with van der Waals surface area (Å²) >= 11 is 1.59. The first-order valence-electron chi connectivity index (χ1n) is 10.4. The molecule has 2 amide bonds. The van der Waals surface area contributed by atoms with Crippen molar-refractivity contribution in [3.05, 3.63) is 71.3 Å². The van der Waals surface area contributed by atoms with Crippen LogP contribution in [0.15, 0.2) is 54.6 Å². The minimum atomic E-state index is -0.514. The monoisotopic (exact) mass is 426 g/mol. The van der Waals surface area contributed by atoms with Crippen LogP contribution in [-0.4, -0.2) is 40.6 Å². The molecule has 0 aromatic heterocycles. The predicted molar refractivity (Wildman–Crippen MR) is 127 cm³/mol. The van der Waals surface area contributed by atoms with Crippen LogP contribution in [0.25, 0.3) is 0 Å². The van der Waals surface area contributed by atoms with E-state index in [0.717, 1.165) is 17.7 Å². The molecule has 0 aliphatic rings. The second kappa shape index (κ2) is 11.2. The average molecular weight is 427 g/mol. The van der Waals surface area contributed by atoms with E-state index in [9.17, 15) is 9.59 Å². The van der Waals surface area contributed by atoms with Crippen molar-refractivity contribution < 1.29 is 9.59 Å². The summed E-state index contributed by atoms with van der Waals surface area (Å²) in [6.45, 7) is 10.3. The van der Waals surface area contributed by atoms with Crippen LogP contribution in [0.3, 0.4) is 0 Å². The summed E-state index contributed by atoms with van der Waals surface area (Å²) in [7, 11) is 0. The number of benzene rings is 2. The van der Waals surface area contributed by atoms with E-state index >= 15 is 0 Å². The zero-order valence-corrected chi connectivity index (χ0v) is 19.6. The molecule has 0 fully saturated rings. The third-order valence-corrected chi connectivity index (χ3v) is 5.71. The highest BCUT2D eigenvalue weighted by molar-refractivity contribution is 7.99. The molecule has 30 heavy (non-hydrogen) atoms. The number of aryl methyl sites for hydroxylation is 1. The number of thioether (sulfide) groups is 1. The van der Waals surface area contributed by atoms with Crippen molar-refractivity contribution in [3.63, 3.8) is 0 Å². The number of nitrogens with one attached hydrogen (secondary N) is 1. The van der Waals surface area contributed by atoms with Crippen molar-refractivity contribution in [1.29, 1.82) is 0 Å². The molecular weight excluding hydrogens is 392 g/mol. The third kappa shape index (κ3) is 8.23. The summed E-state index contributed by atoms with van der Waals surface area (Å²) in [6, 6.07) is 17.9. The van der Waals surface area contributed by atoms with Gasteiger partial charge in [-0.3, -0.25) is 9.59 Å². The Kier molecular flexibility index (Phi) is 8.97. The van der Waals surface area contributed by atoms with Crippen LogP contribution in [0, 0.1) is 6.92 Å². The van der Waals surface area contributed by atoms with Gasteiger partial charge < -0.3 is 10.2 Å². The fraction of sp³-hybridized carbons (Fsp3) is 0.440. The van der Waals surface area contributed by atoms with Gasteiger partial charge in [0.05, 0.1) is 5.75 Å². The first kappa shape index (κ1) is 24.0. The summed E-state index contributed by atoms with van der Waals surface area (Å²) in [5, 5.41) is 3.00. The van der Waals surface area contributed by atoms with E-state index in [4.69, 9.17) is 0 Å². The van der Waals surface area contributed by atoms with Gasteiger partial charge in [0.15, 0.2) is 0 Å². The largest absolute Gasteiger partial charge is 0.350 e. The summed E-state index contributed by atoms with van der Waals surface area (Å²) in [4.78, 5) is 27.5. The van der Waals surface area contributed by atoms with E-state index in [0.29, 0.717) is 12.3 Å². The van der Waals surface area contributed by atoms with Crippen molar-refractivity contribution in [2.24, 2.45) is 0 Å². The average Bonchev–Trinajstić information content (AvgIpc) is 2.67. The van der Waals surface area contributed by atoms with Crippen molar-refractivity contribution in [1.82, 2.24) is 10.2 Å². The second-order valence-electron chi connectivity index (χ2n) is 8.72. The lowest BCUT2D eigenvalue weighted by atomic mass is 10.1. The van der Waals surface area contributed by atoms with Crippen molar-refractivity contribution >= 4 is 23.6 Å². The van der Waals surface area contributed by atoms with Crippen LogP contribution in [0.2, 0.25) is 0 Å². The lowest BCUT2D eigenvalue weighted by Gasteiger charge is -2.31. The maximum Gasteiger partial charge on any atom is 0.242 e. The molecular formula is C25H34N2O2S. The van der Waals surface area contributed by atoms with Gasteiger partial charge in [-0.2, -0.15) is 0 Å². The number of carbonyl (C=O) groups excluding carboxylic acids is 2. The predicted octanol–water partition coefficient (Wildman–Crippen LogP) is 4.60. The van der Waals surface area contributed by atoms with E-state index in [1.807, 2.05) is 52.0 Å². The maximum atomic E-state index is 13.1. The molecule has 162 valence electrons. The van der Waals surface area contributed by atoms with Crippen LogP contribution in [0.1, 0.15) is 44.4 Å². The molecule has 2 rings (SSSR count). The standard InChI is InChI=1S/C25H34N2O2S/c1-19-10-9-13-22(16-19)17-30-18-23(28)27(15-14-21-11-7-6-8-12-21)20(2)24(29)26-25(3,4)5/h6-13,16,20H,14-15,17-18H2,1-5H3,(H,26,29). The lowest BCUT2D eigenvalue weighted by molar-refractivity contribution is -0.138. The van der Waals surface area contributed by atoms with Crippen molar-refractivity contribution in [3.8, 4) is 0 Å². The Hall–Kier alpha value is -2.27. The number of carbonyl (C=O) groups is 2. The first-order valence-corrected chi connectivity index (χ1v) is 11.6. The van der Waals surface area contributed by atoms with Crippen LogP contribution in [0.4, 0.5) is 0 Å². The number of nitrogens with zero attached hydrogens (tertiary/aromatic N) is 1. The molecule has 4 nitrogen and oxygen atoms in total. The van der Waals surface area contributed by atoms with Crippen LogP contribution in [0.5, 0.6) is 0 Å². The van der Waals surface area contributed by atoms with Gasteiger partial charge in [-0.25, -0.2) is 0 Å². The Balaban J connectivity index is 2.02. The third-order valence-electron chi connectivity index (χ3n) is 4.73. The van der Waals surface area contributed by atoms with Gasteiger partial charge in [0.2, 0.25) is 11.8 Å². The normalized spacial score (nSPS) is 12.3. The fourth-order valence-electron chi connectivity index (χ4n) is 3.19. The van der Waals surface area contributed by atoms with Gasteiger partial charge in [0, 0.05) is 17.8 Å². The van der Waals surface area contributed by atoms with Crippen LogP contribution < -0.4 is 5.32 Å². The SMILES string of the molecule is Cc1cccc(CSCC(=O)N(CCc2ccccc2)C(C)C(=O)NC(C)(C)C)c1. The quantitative estimate of drug-likeness (QED) is 0.637. The summed E-state index contributed by atoms with van der Waals surface area (Å²) in [5.41, 5.74) is 3.25. The molecule has 0 saturated heterocycles. The van der Waals surface area contributed by atoms with Gasteiger partial charge in [-0.05, 0) is 52.2 Å². The molecule has 0 heterocycles. The van der Waals surface area contributed by atoms with E-state index in [1.165, 1.54) is 11.1 Å². The molecule has 2 aromatic rings. The molecule has 5 heteroatoms. The molecule has 2 aromatic carbocycles. The van der Waals surface area contributed by atoms with E-state index in [-0.39, 0.29) is 17.4 Å². The molecule has 0 bridgehead atoms.